The Hall–Kier alpha value is -4.38. The maximum atomic E-state index is 13.3. The number of nitrogen functional groups attached to an aromatic ring is 2. The van der Waals surface area contributed by atoms with E-state index in [1.165, 1.54) is 6.33 Å². The van der Waals surface area contributed by atoms with Crippen molar-refractivity contribution in [3.8, 4) is 22.5 Å². The predicted octanol–water partition coefficient (Wildman–Crippen LogP) is 2.66. The SMILES string of the molecule is Nc1c(-c2nc3c(N)ncnc3n2[C@H]2C[C@H](O)[C@@H](CO)O2)cc2c3c(cccc13)C(=O)c1ccccc1-2. The van der Waals surface area contributed by atoms with E-state index in [-0.39, 0.29) is 24.6 Å². The molecule has 2 aliphatic rings. The largest absolute Gasteiger partial charge is 0.398 e. The topological polar surface area (TPSA) is 162 Å². The summed E-state index contributed by atoms with van der Waals surface area (Å²) in [4.78, 5) is 26.6. The minimum atomic E-state index is -0.866. The fourth-order valence-electron chi connectivity index (χ4n) is 5.58. The van der Waals surface area contributed by atoms with Crippen LogP contribution in [-0.4, -0.2) is 54.3 Å². The summed E-state index contributed by atoms with van der Waals surface area (Å²) < 4.78 is 7.75. The van der Waals surface area contributed by atoms with Gasteiger partial charge in [-0.25, -0.2) is 15.0 Å². The van der Waals surface area contributed by atoms with E-state index in [2.05, 4.69) is 9.97 Å². The zero-order valence-corrected chi connectivity index (χ0v) is 19.5. The molecular weight excluding hydrogens is 472 g/mol. The number of benzene rings is 3. The van der Waals surface area contributed by atoms with Gasteiger partial charge in [0.25, 0.3) is 0 Å². The van der Waals surface area contributed by atoms with E-state index in [4.69, 9.17) is 21.2 Å². The van der Waals surface area contributed by atoms with Gasteiger partial charge in [-0.15, -0.1) is 0 Å². The third kappa shape index (κ3) is 2.97. The fourth-order valence-corrected chi connectivity index (χ4v) is 5.58. The zero-order valence-electron chi connectivity index (χ0n) is 19.5. The highest BCUT2D eigenvalue weighted by Gasteiger charge is 2.38. The molecule has 1 saturated heterocycles. The smallest absolute Gasteiger partial charge is 0.194 e. The number of nitrogens with zero attached hydrogens (tertiary/aromatic N) is 4. The Labute approximate surface area is 210 Å². The van der Waals surface area contributed by atoms with Gasteiger partial charge in [-0.3, -0.25) is 9.36 Å². The molecule has 0 saturated carbocycles. The lowest BCUT2D eigenvalue weighted by atomic mass is 9.81. The number of fused-ring (bicyclic) bond motifs is 3. The molecule has 1 aliphatic heterocycles. The lowest BCUT2D eigenvalue weighted by Crippen LogP contribution is -2.24. The summed E-state index contributed by atoms with van der Waals surface area (Å²) in [7, 11) is 0. The van der Waals surface area contributed by atoms with E-state index in [0.29, 0.717) is 39.4 Å². The van der Waals surface area contributed by atoms with Crippen LogP contribution in [0.4, 0.5) is 11.5 Å². The van der Waals surface area contributed by atoms with Crippen LogP contribution in [0, 0.1) is 0 Å². The van der Waals surface area contributed by atoms with E-state index in [0.717, 1.165) is 21.9 Å². The highest BCUT2D eigenvalue weighted by molar-refractivity contribution is 6.28. The number of rotatable bonds is 3. The number of ether oxygens (including phenoxy) is 1. The molecule has 10 nitrogen and oxygen atoms in total. The molecule has 2 aromatic heterocycles. The minimum absolute atomic E-state index is 0.0421. The summed E-state index contributed by atoms with van der Waals surface area (Å²) >= 11 is 0. The van der Waals surface area contributed by atoms with E-state index in [1.54, 1.807) is 4.57 Å². The van der Waals surface area contributed by atoms with Gasteiger partial charge in [-0.2, -0.15) is 0 Å². The molecule has 6 N–H and O–H groups in total. The van der Waals surface area contributed by atoms with Crippen LogP contribution in [0.5, 0.6) is 0 Å². The Bertz CT molecular complexity index is 1760. The maximum Gasteiger partial charge on any atom is 0.194 e. The number of aromatic nitrogens is 4. The molecule has 3 atom stereocenters. The molecule has 0 spiro atoms. The van der Waals surface area contributed by atoms with E-state index in [9.17, 15) is 15.0 Å². The number of hydrogen-bond acceptors (Lipinski definition) is 9. The van der Waals surface area contributed by atoms with Crippen LogP contribution in [-0.2, 0) is 4.74 Å². The second-order valence-corrected chi connectivity index (χ2v) is 9.34. The Morgan fingerprint density at radius 1 is 1.00 bits per heavy atom. The molecule has 0 amide bonds. The minimum Gasteiger partial charge on any atom is -0.398 e. The lowest BCUT2D eigenvalue weighted by Gasteiger charge is -2.23. The second-order valence-electron chi connectivity index (χ2n) is 9.34. The van der Waals surface area contributed by atoms with Gasteiger partial charge in [-0.05, 0) is 17.2 Å². The van der Waals surface area contributed by atoms with Gasteiger partial charge in [-0.1, -0.05) is 42.5 Å². The number of hydrogen-bond donors (Lipinski definition) is 4. The summed E-state index contributed by atoms with van der Waals surface area (Å²) in [5.41, 5.74) is 17.7. The average molecular weight is 495 g/mol. The van der Waals surface area contributed by atoms with Crippen molar-refractivity contribution in [3.63, 3.8) is 0 Å². The van der Waals surface area contributed by atoms with Crippen molar-refractivity contribution in [3.05, 3.63) is 66.0 Å². The number of imidazole rings is 1. The second kappa shape index (κ2) is 7.81. The van der Waals surface area contributed by atoms with E-state index < -0.39 is 18.4 Å². The molecule has 37 heavy (non-hydrogen) atoms. The first-order chi connectivity index (χ1) is 18.0. The molecule has 0 unspecified atom stereocenters. The van der Waals surface area contributed by atoms with Crippen LogP contribution >= 0.6 is 0 Å². The monoisotopic (exact) mass is 494 g/mol. The van der Waals surface area contributed by atoms with Crippen molar-refractivity contribution in [2.45, 2.75) is 24.9 Å². The first-order valence-corrected chi connectivity index (χ1v) is 11.9. The van der Waals surface area contributed by atoms with Gasteiger partial charge in [0, 0.05) is 33.9 Å². The van der Waals surface area contributed by atoms with Gasteiger partial charge in [0.1, 0.15) is 24.5 Å². The molecule has 0 bridgehead atoms. The Morgan fingerprint density at radius 3 is 2.57 bits per heavy atom. The third-order valence-electron chi connectivity index (χ3n) is 7.33. The molecule has 5 aromatic rings. The molecule has 1 aliphatic carbocycles. The summed E-state index contributed by atoms with van der Waals surface area (Å²) in [6, 6.07) is 15.0. The number of carbonyl (C=O) groups excluding carboxylic acids is 1. The molecule has 1 fully saturated rings. The molecule has 0 radical (unpaired) electrons. The molecular formula is C27H22N6O4. The van der Waals surface area contributed by atoms with Crippen LogP contribution in [0.25, 0.3) is 44.5 Å². The molecule has 3 heterocycles. The Balaban J connectivity index is 1.56. The summed E-state index contributed by atoms with van der Waals surface area (Å²) in [5.74, 6) is 0.592. The Morgan fingerprint density at radius 2 is 1.78 bits per heavy atom. The van der Waals surface area contributed by atoms with Crippen molar-refractivity contribution in [2.75, 3.05) is 18.1 Å². The van der Waals surface area contributed by atoms with Gasteiger partial charge in [0.15, 0.2) is 22.8 Å². The van der Waals surface area contributed by atoms with Crippen molar-refractivity contribution in [1.82, 2.24) is 19.5 Å². The van der Waals surface area contributed by atoms with Crippen molar-refractivity contribution < 1.29 is 19.7 Å². The van der Waals surface area contributed by atoms with Crippen LogP contribution in [0.15, 0.2) is 54.9 Å². The maximum absolute atomic E-state index is 13.3. The summed E-state index contributed by atoms with van der Waals surface area (Å²) in [6.07, 6.45) is -0.723. The van der Waals surface area contributed by atoms with Crippen molar-refractivity contribution in [2.24, 2.45) is 0 Å². The third-order valence-corrected chi connectivity index (χ3v) is 7.33. The van der Waals surface area contributed by atoms with Crippen LogP contribution in [0.1, 0.15) is 28.6 Å². The van der Waals surface area contributed by atoms with E-state index in [1.807, 2.05) is 48.5 Å². The van der Waals surface area contributed by atoms with Gasteiger partial charge in [0.05, 0.1) is 18.4 Å². The van der Waals surface area contributed by atoms with Crippen LogP contribution in [0.3, 0.4) is 0 Å². The van der Waals surface area contributed by atoms with Gasteiger partial charge in [0.2, 0.25) is 0 Å². The van der Waals surface area contributed by atoms with E-state index >= 15 is 0 Å². The van der Waals surface area contributed by atoms with Crippen LogP contribution in [0.2, 0.25) is 0 Å². The predicted molar refractivity (Wildman–Crippen MR) is 138 cm³/mol. The molecule has 10 heteroatoms. The fraction of sp³-hybridized carbons (Fsp3) is 0.185. The number of aliphatic hydroxyl groups excluding tert-OH is 2. The molecule has 3 aromatic carbocycles. The number of ketones is 1. The summed E-state index contributed by atoms with van der Waals surface area (Å²) in [6.45, 7) is -0.327. The lowest BCUT2D eigenvalue weighted by molar-refractivity contribution is -0.0426. The van der Waals surface area contributed by atoms with Crippen molar-refractivity contribution in [1.29, 1.82) is 0 Å². The van der Waals surface area contributed by atoms with Crippen LogP contribution < -0.4 is 11.5 Å². The van der Waals surface area contributed by atoms with Crippen molar-refractivity contribution >= 4 is 39.2 Å². The average Bonchev–Trinajstić information content (AvgIpc) is 3.48. The first-order valence-electron chi connectivity index (χ1n) is 11.9. The van der Waals surface area contributed by atoms with Gasteiger partial charge < -0.3 is 26.4 Å². The standard InChI is InChI=1S/C27H22N6O4/c28-22-14-6-3-7-15-21(14)16(12-4-1-2-5-13(12)24(15)36)8-17(22)26-32-23-25(29)30-11-31-27(23)33(26)20-9-18(35)19(10-34)37-20/h1-8,11,18-20,34-35H,9-10,28H2,(H2,29,30,31)/t18-,19+,20+/m0/s1. The number of nitrogens with two attached hydrogens (primary N) is 2. The molecule has 7 rings (SSSR count). The number of aliphatic hydroxyl groups is 2. The highest BCUT2D eigenvalue weighted by atomic mass is 16.5. The molecule has 184 valence electrons. The highest BCUT2D eigenvalue weighted by Crippen LogP contribution is 2.46. The normalized spacial score (nSPS) is 20.6. The summed E-state index contributed by atoms with van der Waals surface area (Å²) in [5, 5.41) is 21.7. The quantitative estimate of drug-likeness (QED) is 0.271. The number of carbonyl (C=O) groups is 1. The van der Waals surface area contributed by atoms with Gasteiger partial charge >= 0.3 is 0 Å². The first kappa shape index (κ1) is 21.9. The number of anilines is 2. The Kier molecular flexibility index (Phi) is 4.61. The zero-order chi connectivity index (χ0) is 25.4.